The molecule has 1 N–H and O–H groups in total. The number of rotatable bonds is 9. The van der Waals surface area contributed by atoms with Gasteiger partial charge in [0.05, 0.1) is 21.7 Å². The molecular formula is C23H20N4O5S. The fraction of sp³-hybridized carbons (Fsp3) is 0.217. The molecule has 4 rings (SSSR count). The van der Waals surface area contributed by atoms with Crippen LogP contribution in [0.25, 0.3) is 11.3 Å². The van der Waals surface area contributed by atoms with E-state index in [-0.39, 0.29) is 29.8 Å². The second-order valence-corrected chi connectivity index (χ2v) is 8.37. The minimum absolute atomic E-state index is 0.0210. The number of thiazole rings is 1. The number of imide groups is 1. The standard InChI is InChI=1S/C23H20N4O5S/c28-20(25-23-24-19(14-33-23)15-7-6-8-16(13-15)27(31)32)11-2-1-5-12-26-21(29)17-9-3-4-10-18(17)22(26)30/h3-4,6-10,13-14H,1-2,5,11-12H2,(H,24,25,28). The number of hydrogen-bond donors (Lipinski definition) is 1. The molecule has 3 amide bonds. The lowest BCUT2D eigenvalue weighted by molar-refractivity contribution is -0.384. The maximum Gasteiger partial charge on any atom is 0.270 e. The average molecular weight is 465 g/mol. The van der Waals surface area contributed by atoms with Crippen molar-refractivity contribution < 1.29 is 19.3 Å². The van der Waals surface area contributed by atoms with Crippen molar-refractivity contribution in [3.05, 3.63) is 75.2 Å². The quantitative estimate of drug-likeness (QED) is 0.215. The highest BCUT2D eigenvalue weighted by Crippen LogP contribution is 2.27. The van der Waals surface area contributed by atoms with Crippen LogP contribution in [0.2, 0.25) is 0 Å². The number of nitrogens with zero attached hydrogens (tertiary/aromatic N) is 3. The number of non-ortho nitro benzene ring substituents is 1. The molecule has 3 aromatic rings. The average Bonchev–Trinajstić information content (AvgIpc) is 3.37. The molecule has 0 saturated heterocycles. The van der Waals surface area contributed by atoms with E-state index < -0.39 is 4.92 Å². The number of nitro groups is 1. The van der Waals surface area contributed by atoms with Crippen LogP contribution in [0.4, 0.5) is 10.8 Å². The summed E-state index contributed by atoms with van der Waals surface area (Å²) < 4.78 is 0. The van der Waals surface area contributed by atoms with Crippen LogP contribution >= 0.6 is 11.3 Å². The molecule has 0 radical (unpaired) electrons. The predicted octanol–water partition coefficient (Wildman–Crippen LogP) is 4.51. The van der Waals surface area contributed by atoms with E-state index in [1.165, 1.54) is 28.4 Å². The smallest absolute Gasteiger partial charge is 0.270 e. The van der Waals surface area contributed by atoms with Gasteiger partial charge in [0, 0.05) is 36.0 Å². The van der Waals surface area contributed by atoms with E-state index in [0.717, 1.165) is 0 Å². The van der Waals surface area contributed by atoms with E-state index in [0.29, 0.717) is 53.3 Å². The lowest BCUT2D eigenvalue weighted by Gasteiger charge is -2.13. The zero-order valence-electron chi connectivity index (χ0n) is 17.5. The maximum atomic E-state index is 12.3. The van der Waals surface area contributed by atoms with Crippen molar-refractivity contribution in [3.8, 4) is 11.3 Å². The number of carbonyl (C=O) groups is 3. The third-order valence-corrected chi connectivity index (χ3v) is 6.02. The van der Waals surface area contributed by atoms with Crippen molar-refractivity contribution in [1.82, 2.24) is 9.88 Å². The topological polar surface area (TPSA) is 123 Å². The predicted molar refractivity (Wildman–Crippen MR) is 123 cm³/mol. The van der Waals surface area contributed by atoms with Crippen LogP contribution in [0, 0.1) is 10.1 Å². The SMILES string of the molecule is O=C(CCCCCN1C(=O)c2ccccc2C1=O)Nc1nc(-c2cccc([N+](=O)[O-])c2)cs1. The molecule has 0 saturated carbocycles. The molecule has 1 aliphatic rings. The number of unbranched alkanes of at least 4 members (excludes halogenated alkanes) is 2. The summed E-state index contributed by atoms with van der Waals surface area (Å²) in [5, 5.41) is 15.8. The van der Waals surface area contributed by atoms with Crippen molar-refractivity contribution in [3.63, 3.8) is 0 Å². The van der Waals surface area contributed by atoms with Crippen molar-refractivity contribution in [2.45, 2.75) is 25.7 Å². The Morgan fingerprint density at radius 2 is 1.76 bits per heavy atom. The Balaban J connectivity index is 1.21. The zero-order chi connectivity index (χ0) is 23.4. The molecule has 33 heavy (non-hydrogen) atoms. The van der Waals surface area contributed by atoms with Crippen molar-refractivity contribution in [1.29, 1.82) is 0 Å². The van der Waals surface area contributed by atoms with Gasteiger partial charge in [0.15, 0.2) is 5.13 Å². The Labute approximate surface area is 193 Å². The van der Waals surface area contributed by atoms with E-state index in [4.69, 9.17) is 0 Å². The third-order valence-electron chi connectivity index (χ3n) is 5.27. The number of nitrogens with one attached hydrogen (secondary N) is 1. The second-order valence-electron chi connectivity index (χ2n) is 7.51. The van der Waals surface area contributed by atoms with E-state index in [9.17, 15) is 24.5 Å². The van der Waals surface area contributed by atoms with Gasteiger partial charge < -0.3 is 5.32 Å². The number of fused-ring (bicyclic) bond motifs is 1. The van der Waals surface area contributed by atoms with E-state index in [2.05, 4.69) is 10.3 Å². The number of carbonyl (C=O) groups excluding carboxylic acids is 3. The van der Waals surface area contributed by atoms with Crippen LogP contribution in [-0.4, -0.2) is 39.1 Å². The number of nitro benzene ring substituents is 1. The normalized spacial score (nSPS) is 12.7. The Morgan fingerprint density at radius 1 is 1.03 bits per heavy atom. The first-order valence-corrected chi connectivity index (χ1v) is 11.3. The lowest BCUT2D eigenvalue weighted by atomic mass is 10.1. The third kappa shape index (κ3) is 4.96. The fourth-order valence-corrected chi connectivity index (χ4v) is 4.33. The van der Waals surface area contributed by atoms with Crippen LogP contribution in [0.1, 0.15) is 46.4 Å². The summed E-state index contributed by atoms with van der Waals surface area (Å²) in [5.74, 6) is -0.719. The second kappa shape index (κ2) is 9.70. The molecule has 0 spiro atoms. The Morgan fingerprint density at radius 3 is 2.45 bits per heavy atom. The van der Waals surface area contributed by atoms with Gasteiger partial charge in [-0.3, -0.25) is 29.4 Å². The molecule has 2 heterocycles. The van der Waals surface area contributed by atoms with Gasteiger partial charge in [0.25, 0.3) is 17.5 Å². The van der Waals surface area contributed by atoms with Gasteiger partial charge in [0.1, 0.15) is 0 Å². The van der Waals surface area contributed by atoms with Crippen LogP contribution in [-0.2, 0) is 4.79 Å². The van der Waals surface area contributed by atoms with Crippen molar-refractivity contribution in [2.24, 2.45) is 0 Å². The van der Waals surface area contributed by atoms with Crippen LogP contribution in [0.5, 0.6) is 0 Å². The lowest BCUT2D eigenvalue weighted by Crippen LogP contribution is -2.30. The number of aromatic nitrogens is 1. The first-order chi connectivity index (χ1) is 15.9. The first kappa shape index (κ1) is 22.3. The summed E-state index contributed by atoms with van der Waals surface area (Å²) in [6.07, 6.45) is 2.20. The molecule has 0 aliphatic carbocycles. The highest BCUT2D eigenvalue weighted by molar-refractivity contribution is 7.14. The Hall–Kier alpha value is -3.92. The summed E-state index contributed by atoms with van der Waals surface area (Å²) in [7, 11) is 0. The van der Waals surface area contributed by atoms with Gasteiger partial charge in [0.2, 0.25) is 5.91 Å². The number of amides is 3. The summed E-state index contributed by atoms with van der Waals surface area (Å²) in [4.78, 5) is 53.0. The van der Waals surface area contributed by atoms with Gasteiger partial charge in [-0.2, -0.15) is 0 Å². The molecule has 1 aliphatic heterocycles. The monoisotopic (exact) mass is 464 g/mol. The molecule has 2 aromatic carbocycles. The number of benzene rings is 2. The maximum absolute atomic E-state index is 12.3. The van der Waals surface area contributed by atoms with E-state index in [1.807, 2.05) is 0 Å². The fourth-order valence-electron chi connectivity index (χ4n) is 3.60. The van der Waals surface area contributed by atoms with E-state index in [1.54, 1.807) is 41.8 Å². The number of hydrogen-bond acceptors (Lipinski definition) is 7. The molecule has 0 bridgehead atoms. The summed E-state index contributed by atoms with van der Waals surface area (Å²) in [5.41, 5.74) is 2.02. The minimum Gasteiger partial charge on any atom is -0.302 e. The van der Waals surface area contributed by atoms with Crippen LogP contribution in [0.3, 0.4) is 0 Å². The molecular weight excluding hydrogens is 444 g/mol. The molecule has 0 atom stereocenters. The molecule has 0 fully saturated rings. The first-order valence-electron chi connectivity index (χ1n) is 10.4. The highest BCUT2D eigenvalue weighted by Gasteiger charge is 2.34. The summed E-state index contributed by atoms with van der Waals surface area (Å²) >= 11 is 1.25. The van der Waals surface area contributed by atoms with Gasteiger partial charge in [-0.15, -0.1) is 11.3 Å². The molecule has 1 aromatic heterocycles. The van der Waals surface area contributed by atoms with Crippen LogP contribution < -0.4 is 5.32 Å². The van der Waals surface area contributed by atoms with Gasteiger partial charge in [-0.05, 0) is 25.0 Å². The summed E-state index contributed by atoms with van der Waals surface area (Å²) in [6, 6.07) is 12.9. The van der Waals surface area contributed by atoms with Gasteiger partial charge in [-0.25, -0.2) is 4.98 Å². The molecule has 9 nitrogen and oxygen atoms in total. The van der Waals surface area contributed by atoms with Gasteiger partial charge >= 0.3 is 0 Å². The Bertz CT molecular complexity index is 1200. The van der Waals surface area contributed by atoms with Crippen molar-refractivity contribution >= 4 is 39.9 Å². The molecule has 168 valence electrons. The van der Waals surface area contributed by atoms with Gasteiger partial charge in [-0.1, -0.05) is 30.7 Å². The highest BCUT2D eigenvalue weighted by atomic mass is 32.1. The number of anilines is 1. The largest absolute Gasteiger partial charge is 0.302 e. The van der Waals surface area contributed by atoms with Crippen LogP contribution in [0.15, 0.2) is 53.9 Å². The zero-order valence-corrected chi connectivity index (χ0v) is 18.3. The minimum atomic E-state index is -0.465. The van der Waals surface area contributed by atoms with Crippen molar-refractivity contribution in [2.75, 3.05) is 11.9 Å². The molecule has 0 unspecified atom stereocenters. The summed E-state index contributed by atoms with van der Waals surface area (Å²) in [6.45, 7) is 0.326. The molecule has 10 heteroatoms. The Kier molecular flexibility index (Phi) is 6.55. The van der Waals surface area contributed by atoms with E-state index >= 15 is 0 Å².